The Morgan fingerprint density at radius 3 is 2.75 bits per heavy atom. The van der Waals surface area contributed by atoms with Gasteiger partial charge in [0.1, 0.15) is 17.2 Å². The van der Waals surface area contributed by atoms with Gasteiger partial charge >= 0.3 is 0 Å². The second-order valence-electron chi connectivity index (χ2n) is 7.43. The number of carbonyl (C=O) groups is 2. The van der Waals surface area contributed by atoms with Gasteiger partial charge in [-0.2, -0.15) is 0 Å². The zero-order valence-corrected chi connectivity index (χ0v) is 24.2. The Morgan fingerprint density at radius 2 is 2.03 bits per heavy atom. The molecular weight excluding hydrogens is 443 g/mol. The maximum Gasteiger partial charge on any atom is 0.246 e. The molecule has 0 N–H and O–H groups in total. The molecule has 0 fully saturated rings. The summed E-state index contributed by atoms with van der Waals surface area (Å²) < 4.78 is 5.91. The summed E-state index contributed by atoms with van der Waals surface area (Å²) in [6, 6.07) is 9.87. The normalized spacial score (nSPS) is 13.0. The van der Waals surface area contributed by atoms with E-state index in [-0.39, 0.29) is 70.9 Å². The zero-order chi connectivity index (χ0) is 21.3. The molecule has 4 rings (SSSR count). The fourth-order valence-corrected chi connectivity index (χ4v) is 4.06. The molecule has 0 spiro atoms. The smallest absolute Gasteiger partial charge is 0.246 e. The summed E-state index contributed by atoms with van der Waals surface area (Å²) in [6.45, 7) is 2.41. The van der Waals surface area contributed by atoms with Gasteiger partial charge < -0.3 is 9.32 Å². The molecule has 1 aliphatic rings. The van der Waals surface area contributed by atoms with Crippen molar-refractivity contribution in [1.29, 1.82) is 0 Å². The van der Waals surface area contributed by atoms with E-state index >= 15 is 0 Å². The van der Waals surface area contributed by atoms with Crippen molar-refractivity contribution in [3.8, 4) is 0 Å². The molecule has 0 bridgehead atoms. The van der Waals surface area contributed by atoms with Crippen LogP contribution in [0.5, 0.6) is 0 Å². The quantitative estimate of drug-likeness (QED) is 0.329. The number of aryl methyl sites for hydroxylation is 2. The van der Waals surface area contributed by atoms with Gasteiger partial charge in [-0.25, -0.2) is 4.98 Å². The topological polar surface area (TPSA) is 66.7 Å². The number of rotatable bonds is 5. The van der Waals surface area contributed by atoms with Crippen LogP contribution in [0.15, 0.2) is 47.0 Å². The van der Waals surface area contributed by atoms with Gasteiger partial charge in [0, 0.05) is 102 Å². The van der Waals surface area contributed by atoms with E-state index in [0.29, 0.717) is 31.5 Å². The molecule has 1 unspecified atom stereocenters. The molecule has 32 heavy (non-hydrogen) atoms. The first kappa shape index (κ1) is 27.3. The number of benzene rings is 1. The Kier molecular flexibility index (Phi) is 10.2. The van der Waals surface area contributed by atoms with E-state index in [2.05, 4.69) is 14.2 Å². The van der Waals surface area contributed by atoms with Crippen molar-refractivity contribution in [3.05, 3.63) is 65.1 Å². The van der Waals surface area contributed by atoms with E-state index in [1.54, 1.807) is 35.2 Å². The minimum atomic E-state index is -0.116. The van der Waals surface area contributed by atoms with E-state index in [1.807, 2.05) is 37.3 Å². The summed E-state index contributed by atoms with van der Waals surface area (Å²) in [5.41, 5.74) is 3.76. The number of furan rings is 1. The molecular formula is C23H24N3Na2O3P. The van der Waals surface area contributed by atoms with Crippen molar-refractivity contribution < 1.29 is 14.0 Å². The first-order chi connectivity index (χ1) is 14.5. The number of anilines is 1. The van der Waals surface area contributed by atoms with Gasteiger partial charge in [-0.05, 0) is 42.7 Å². The Bertz CT molecular complexity index is 1160. The molecule has 1 aromatic carbocycles. The standard InChI is InChI=1S/C23H24N3O3P.2Na/c1-15-18-5-3-4-6-19(18)29-20(15)13-25(2)21(27)9-7-16-11-17-8-10-22(28)26(14-30)23(17)24-12-16;;/h3-7,9,11-12H,8,10,13-14,30H2,1-2H3;;. The zero-order valence-electron chi connectivity index (χ0n) is 19.1. The van der Waals surface area contributed by atoms with Crippen LogP contribution < -0.4 is 4.90 Å². The van der Waals surface area contributed by atoms with E-state index in [9.17, 15) is 9.59 Å². The largest absolute Gasteiger partial charge is 0.459 e. The number of nitrogens with zero attached hydrogens (tertiary/aromatic N) is 3. The van der Waals surface area contributed by atoms with E-state index in [1.165, 1.54) is 0 Å². The molecule has 3 heterocycles. The summed E-state index contributed by atoms with van der Waals surface area (Å²) in [7, 11) is 4.32. The third kappa shape index (κ3) is 5.74. The molecule has 0 saturated heterocycles. The van der Waals surface area contributed by atoms with E-state index in [0.717, 1.165) is 33.4 Å². The number of likely N-dealkylation sites (N-methyl/N-ethyl adjacent to an activating group) is 1. The monoisotopic (exact) mass is 467 g/mol. The molecule has 0 saturated carbocycles. The minimum absolute atomic E-state index is 0. The van der Waals surface area contributed by atoms with Crippen LogP contribution in [0, 0.1) is 6.92 Å². The predicted molar refractivity (Wildman–Crippen MR) is 133 cm³/mol. The summed E-state index contributed by atoms with van der Waals surface area (Å²) in [5.74, 6) is 1.47. The Hall–Kier alpha value is -0.980. The average molecular weight is 467 g/mol. The van der Waals surface area contributed by atoms with Crippen LogP contribution in [0.1, 0.15) is 28.9 Å². The molecule has 2 amide bonds. The Morgan fingerprint density at radius 1 is 1.28 bits per heavy atom. The van der Waals surface area contributed by atoms with Crippen molar-refractivity contribution in [2.24, 2.45) is 0 Å². The van der Waals surface area contributed by atoms with Gasteiger partial charge in [-0.3, -0.25) is 14.5 Å². The van der Waals surface area contributed by atoms with E-state index < -0.39 is 0 Å². The van der Waals surface area contributed by atoms with Gasteiger partial charge in [0.2, 0.25) is 11.8 Å². The number of hydrogen-bond acceptors (Lipinski definition) is 4. The first-order valence-electron chi connectivity index (χ1n) is 9.87. The number of para-hydroxylation sites is 1. The van der Waals surface area contributed by atoms with Crippen LogP contribution in [0.4, 0.5) is 5.82 Å². The number of hydrogen-bond donors (Lipinski definition) is 0. The molecule has 2 radical (unpaired) electrons. The molecule has 9 heteroatoms. The van der Waals surface area contributed by atoms with Crippen LogP contribution in [0.3, 0.4) is 0 Å². The second kappa shape index (κ2) is 11.9. The number of pyridine rings is 1. The molecule has 3 aromatic rings. The molecule has 2 aromatic heterocycles. The number of fused-ring (bicyclic) bond motifs is 2. The fraction of sp³-hybridized carbons (Fsp3) is 0.261. The van der Waals surface area contributed by atoms with Gasteiger partial charge in [-0.15, -0.1) is 9.24 Å². The van der Waals surface area contributed by atoms with Crippen molar-refractivity contribution >= 4 is 103 Å². The van der Waals surface area contributed by atoms with Crippen LogP contribution in [0.25, 0.3) is 17.0 Å². The van der Waals surface area contributed by atoms with Crippen LogP contribution in [-0.2, 0) is 22.6 Å². The number of carbonyl (C=O) groups excluding carboxylic acids is 2. The molecule has 1 aliphatic heterocycles. The Balaban J connectivity index is 0.00000181. The van der Waals surface area contributed by atoms with Crippen LogP contribution in [0.2, 0.25) is 0 Å². The molecule has 0 aliphatic carbocycles. The molecule has 1 atom stereocenters. The third-order valence-electron chi connectivity index (χ3n) is 5.43. The van der Waals surface area contributed by atoms with Gasteiger partial charge in [0.25, 0.3) is 0 Å². The second-order valence-corrected chi connectivity index (χ2v) is 7.79. The summed E-state index contributed by atoms with van der Waals surface area (Å²) in [5, 5.41) is 1.07. The van der Waals surface area contributed by atoms with Crippen LogP contribution in [-0.4, -0.2) is 94.1 Å². The van der Waals surface area contributed by atoms with Crippen molar-refractivity contribution in [3.63, 3.8) is 0 Å². The summed E-state index contributed by atoms with van der Waals surface area (Å²) in [6.07, 6.45) is 6.68. The molecule has 6 nitrogen and oxygen atoms in total. The van der Waals surface area contributed by atoms with Crippen molar-refractivity contribution in [1.82, 2.24) is 9.88 Å². The molecule has 156 valence electrons. The van der Waals surface area contributed by atoms with Crippen molar-refractivity contribution in [2.75, 3.05) is 18.2 Å². The number of aromatic nitrogens is 1. The van der Waals surface area contributed by atoms with Gasteiger partial charge in [0.05, 0.1) is 6.54 Å². The summed E-state index contributed by atoms with van der Waals surface area (Å²) in [4.78, 5) is 32.3. The third-order valence-corrected chi connectivity index (χ3v) is 5.79. The van der Waals surface area contributed by atoms with Crippen LogP contribution >= 0.6 is 9.24 Å². The maximum absolute atomic E-state index is 12.6. The predicted octanol–water partition coefficient (Wildman–Crippen LogP) is 3.16. The Labute approximate surface area is 234 Å². The SMILES string of the molecule is Cc1c(CN(C)C(=O)C=Cc2cnc3c(c2)CCC(=O)N3CP)oc2ccccc12.[Na].[Na]. The summed E-state index contributed by atoms with van der Waals surface area (Å²) >= 11 is 0. The fourth-order valence-electron chi connectivity index (χ4n) is 3.69. The minimum Gasteiger partial charge on any atom is -0.459 e. The van der Waals surface area contributed by atoms with Crippen molar-refractivity contribution in [2.45, 2.75) is 26.3 Å². The first-order valence-corrected chi connectivity index (χ1v) is 10.7. The number of amides is 2. The maximum atomic E-state index is 12.6. The van der Waals surface area contributed by atoms with Gasteiger partial charge in [0.15, 0.2) is 0 Å². The average Bonchev–Trinajstić information content (AvgIpc) is 3.07. The van der Waals surface area contributed by atoms with E-state index in [4.69, 9.17) is 4.42 Å². The van der Waals surface area contributed by atoms with Gasteiger partial charge in [-0.1, -0.05) is 18.2 Å².